The first-order chi connectivity index (χ1) is 7.47. The van der Waals surface area contributed by atoms with Gasteiger partial charge >= 0.3 is 0 Å². The van der Waals surface area contributed by atoms with Crippen molar-refractivity contribution < 1.29 is 5.11 Å². The van der Waals surface area contributed by atoms with Crippen LogP contribution in [0.25, 0.3) is 0 Å². The van der Waals surface area contributed by atoms with E-state index in [1.165, 1.54) is 0 Å². The highest BCUT2D eigenvalue weighted by atomic mass is 16.3. The molecule has 0 spiro atoms. The second kappa shape index (κ2) is 4.01. The molecule has 1 atom stereocenters. The zero-order chi connectivity index (χ0) is 11.8. The van der Waals surface area contributed by atoms with Gasteiger partial charge in [0, 0.05) is 18.5 Å². The van der Waals surface area contributed by atoms with Gasteiger partial charge in [0.15, 0.2) is 5.82 Å². The van der Waals surface area contributed by atoms with Gasteiger partial charge in [0.2, 0.25) is 0 Å². The molecule has 2 rings (SSSR count). The molecule has 1 aromatic rings. The van der Waals surface area contributed by atoms with Crippen molar-refractivity contribution in [2.75, 3.05) is 18.0 Å². The predicted molar refractivity (Wildman–Crippen MR) is 63.6 cm³/mol. The zero-order valence-electron chi connectivity index (χ0n) is 10.1. The molecular weight excluding hydrogens is 202 g/mol. The quantitative estimate of drug-likeness (QED) is 0.777. The van der Waals surface area contributed by atoms with Crippen LogP contribution in [0.1, 0.15) is 32.9 Å². The summed E-state index contributed by atoms with van der Waals surface area (Å²) in [4.78, 5) is 2.07. The van der Waals surface area contributed by atoms with E-state index in [1.807, 2.05) is 12.1 Å². The number of hydrogen-bond donors (Lipinski definition) is 1. The van der Waals surface area contributed by atoms with E-state index in [1.54, 1.807) is 0 Å². The smallest absolute Gasteiger partial charge is 0.151 e. The van der Waals surface area contributed by atoms with E-state index in [0.717, 1.165) is 24.5 Å². The molecule has 1 aliphatic rings. The predicted octanol–water partition coefficient (Wildman–Crippen LogP) is 1.35. The number of β-amino-alcohol motifs (C(OH)–C–C–N with tert-alkyl or cyclic N) is 1. The lowest BCUT2D eigenvalue weighted by Gasteiger charge is -2.19. The monoisotopic (exact) mass is 221 g/mol. The number of rotatable bonds is 1. The molecule has 1 aromatic heterocycles. The van der Waals surface area contributed by atoms with Gasteiger partial charge in [-0.2, -0.15) is 5.10 Å². The number of hydrogen-bond acceptors (Lipinski definition) is 4. The molecule has 88 valence electrons. The second-order valence-corrected chi connectivity index (χ2v) is 5.42. The SMILES string of the molecule is CC(C)(C)c1ccc(N2CCC(O)C2)nn1. The summed E-state index contributed by atoms with van der Waals surface area (Å²) in [6, 6.07) is 4.01. The van der Waals surface area contributed by atoms with Gasteiger partial charge in [0.25, 0.3) is 0 Å². The Kier molecular flexibility index (Phi) is 2.84. The van der Waals surface area contributed by atoms with Gasteiger partial charge in [0.1, 0.15) is 0 Å². The Morgan fingerprint density at radius 2 is 2.06 bits per heavy atom. The van der Waals surface area contributed by atoms with Crippen LogP contribution in [-0.4, -0.2) is 34.5 Å². The molecule has 1 aliphatic heterocycles. The molecule has 2 heterocycles. The van der Waals surface area contributed by atoms with E-state index in [4.69, 9.17) is 0 Å². The zero-order valence-corrected chi connectivity index (χ0v) is 10.1. The van der Waals surface area contributed by atoms with E-state index in [0.29, 0.717) is 6.54 Å². The standard InChI is InChI=1S/C12H19N3O/c1-12(2,3)10-4-5-11(14-13-10)15-7-6-9(16)8-15/h4-5,9,16H,6-8H2,1-3H3. The van der Waals surface area contributed by atoms with Crippen molar-refractivity contribution >= 4 is 5.82 Å². The largest absolute Gasteiger partial charge is 0.391 e. The fourth-order valence-electron chi connectivity index (χ4n) is 1.84. The average Bonchev–Trinajstić information content (AvgIpc) is 2.64. The highest BCUT2D eigenvalue weighted by Crippen LogP contribution is 2.22. The lowest BCUT2D eigenvalue weighted by Crippen LogP contribution is -2.23. The summed E-state index contributed by atoms with van der Waals surface area (Å²) >= 11 is 0. The molecule has 0 amide bonds. The van der Waals surface area contributed by atoms with Crippen LogP contribution >= 0.6 is 0 Å². The minimum atomic E-state index is -0.218. The number of aliphatic hydroxyl groups is 1. The highest BCUT2D eigenvalue weighted by Gasteiger charge is 2.22. The summed E-state index contributed by atoms with van der Waals surface area (Å²) in [5, 5.41) is 17.9. The molecule has 16 heavy (non-hydrogen) atoms. The van der Waals surface area contributed by atoms with Crippen LogP contribution in [0.3, 0.4) is 0 Å². The first-order valence-electron chi connectivity index (χ1n) is 5.74. The second-order valence-electron chi connectivity index (χ2n) is 5.42. The Bertz CT molecular complexity index is 356. The van der Waals surface area contributed by atoms with E-state index in [2.05, 4.69) is 35.9 Å². The Morgan fingerprint density at radius 1 is 1.31 bits per heavy atom. The minimum absolute atomic E-state index is 0.0378. The van der Waals surface area contributed by atoms with Gasteiger partial charge < -0.3 is 10.0 Å². The first-order valence-corrected chi connectivity index (χ1v) is 5.74. The molecule has 0 bridgehead atoms. The van der Waals surface area contributed by atoms with Crippen LogP contribution in [0.5, 0.6) is 0 Å². The van der Waals surface area contributed by atoms with Gasteiger partial charge in [-0.25, -0.2) is 0 Å². The Morgan fingerprint density at radius 3 is 2.50 bits per heavy atom. The van der Waals surface area contributed by atoms with Crippen molar-refractivity contribution in [3.05, 3.63) is 17.8 Å². The third kappa shape index (κ3) is 2.32. The van der Waals surface area contributed by atoms with E-state index in [-0.39, 0.29) is 11.5 Å². The molecular formula is C12H19N3O. The molecule has 1 fully saturated rings. The summed E-state index contributed by atoms with van der Waals surface area (Å²) in [6.45, 7) is 7.90. The Balaban J connectivity index is 2.14. The average molecular weight is 221 g/mol. The van der Waals surface area contributed by atoms with Gasteiger partial charge in [0.05, 0.1) is 11.8 Å². The maximum Gasteiger partial charge on any atom is 0.151 e. The molecule has 1 unspecified atom stereocenters. The third-order valence-corrected chi connectivity index (χ3v) is 2.91. The molecule has 0 saturated carbocycles. The lowest BCUT2D eigenvalue weighted by molar-refractivity contribution is 0.198. The van der Waals surface area contributed by atoms with Gasteiger partial charge in [-0.1, -0.05) is 20.8 Å². The topological polar surface area (TPSA) is 49.2 Å². The molecule has 4 nitrogen and oxygen atoms in total. The van der Waals surface area contributed by atoms with Crippen molar-refractivity contribution in [2.24, 2.45) is 0 Å². The molecule has 1 saturated heterocycles. The summed E-state index contributed by atoms with van der Waals surface area (Å²) in [5.41, 5.74) is 1.03. The maximum atomic E-state index is 9.45. The van der Waals surface area contributed by atoms with Crippen LogP contribution in [-0.2, 0) is 5.41 Å². The summed E-state index contributed by atoms with van der Waals surface area (Å²) in [5.74, 6) is 0.865. The van der Waals surface area contributed by atoms with Crippen LogP contribution < -0.4 is 4.90 Å². The Hall–Kier alpha value is -1.16. The molecule has 0 aromatic carbocycles. The highest BCUT2D eigenvalue weighted by molar-refractivity contribution is 5.39. The number of aromatic nitrogens is 2. The first kappa shape index (κ1) is 11.3. The summed E-state index contributed by atoms with van der Waals surface area (Å²) in [6.07, 6.45) is 0.604. The van der Waals surface area contributed by atoms with E-state index < -0.39 is 0 Å². The number of nitrogens with zero attached hydrogens (tertiary/aromatic N) is 3. The van der Waals surface area contributed by atoms with Crippen molar-refractivity contribution in [2.45, 2.75) is 38.7 Å². The van der Waals surface area contributed by atoms with Crippen LogP contribution in [0, 0.1) is 0 Å². The van der Waals surface area contributed by atoms with Crippen LogP contribution in [0.15, 0.2) is 12.1 Å². The minimum Gasteiger partial charge on any atom is -0.391 e. The number of anilines is 1. The van der Waals surface area contributed by atoms with Gasteiger partial charge in [-0.15, -0.1) is 5.10 Å². The van der Waals surface area contributed by atoms with Crippen LogP contribution in [0.2, 0.25) is 0 Å². The number of aliphatic hydroxyl groups excluding tert-OH is 1. The van der Waals surface area contributed by atoms with E-state index >= 15 is 0 Å². The molecule has 4 heteroatoms. The van der Waals surface area contributed by atoms with E-state index in [9.17, 15) is 5.11 Å². The van der Waals surface area contributed by atoms with Crippen molar-refractivity contribution in [1.29, 1.82) is 0 Å². The molecule has 1 N–H and O–H groups in total. The maximum absolute atomic E-state index is 9.45. The molecule has 0 radical (unpaired) electrons. The van der Waals surface area contributed by atoms with Gasteiger partial charge in [-0.3, -0.25) is 0 Å². The molecule has 0 aliphatic carbocycles. The normalized spacial score (nSPS) is 21.5. The fourth-order valence-corrected chi connectivity index (χ4v) is 1.84. The third-order valence-electron chi connectivity index (χ3n) is 2.91. The summed E-state index contributed by atoms with van der Waals surface area (Å²) in [7, 11) is 0. The fraction of sp³-hybridized carbons (Fsp3) is 0.667. The Labute approximate surface area is 96.3 Å². The van der Waals surface area contributed by atoms with Crippen molar-refractivity contribution in [3.63, 3.8) is 0 Å². The summed E-state index contributed by atoms with van der Waals surface area (Å²) < 4.78 is 0. The van der Waals surface area contributed by atoms with Gasteiger partial charge in [-0.05, 0) is 18.6 Å². The lowest BCUT2D eigenvalue weighted by atomic mass is 9.92. The van der Waals surface area contributed by atoms with Crippen molar-refractivity contribution in [3.8, 4) is 0 Å². The van der Waals surface area contributed by atoms with Crippen LogP contribution in [0.4, 0.5) is 5.82 Å². The van der Waals surface area contributed by atoms with Crippen molar-refractivity contribution in [1.82, 2.24) is 10.2 Å².